The highest BCUT2D eigenvalue weighted by Crippen LogP contribution is 2.56. The molecule has 0 radical (unpaired) electrons. The minimum Gasteiger partial charge on any atom is -0.375 e. The first-order valence-corrected chi connectivity index (χ1v) is 6.73. The van der Waals surface area contributed by atoms with Crippen LogP contribution in [0.5, 0.6) is 0 Å². The van der Waals surface area contributed by atoms with Crippen molar-refractivity contribution in [2.75, 3.05) is 6.61 Å². The van der Waals surface area contributed by atoms with Crippen LogP contribution in [-0.4, -0.2) is 12.2 Å². The summed E-state index contributed by atoms with van der Waals surface area (Å²) in [6.45, 7) is 14.4. The van der Waals surface area contributed by atoms with Crippen molar-refractivity contribution in [3.63, 3.8) is 0 Å². The first-order chi connectivity index (χ1) is 7.41. The van der Waals surface area contributed by atoms with Crippen LogP contribution in [0.2, 0.25) is 0 Å². The van der Waals surface area contributed by atoms with Crippen molar-refractivity contribution in [2.45, 2.75) is 59.0 Å². The second-order valence-corrected chi connectivity index (χ2v) is 6.49. The largest absolute Gasteiger partial charge is 0.375 e. The van der Waals surface area contributed by atoms with Crippen molar-refractivity contribution >= 4 is 0 Å². The molecule has 1 unspecified atom stereocenters. The molecule has 2 rings (SSSR count). The zero-order chi connectivity index (χ0) is 12.0. The third-order valence-corrected chi connectivity index (χ3v) is 5.06. The number of hydrogen-bond acceptors (Lipinski definition) is 1. The van der Waals surface area contributed by atoms with Crippen LogP contribution in [0, 0.1) is 17.3 Å². The van der Waals surface area contributed by atoms with Crippen LogP contribution in [-0.2, 0) is 4.74 Å². The second-order valence-electron chi connectivity index (χ2n) is 6.49. The third kappa shape index (κ3) is 1.73. The van der Waals surface area contributed by atoms with Gasteiger partial charge in [-0.1, -0.05) is 26.0 Å². The molecular weight excluding hydrogens is 196 g/mol. The highest BCUT2D eigenvalue weighted by Gasteiger charge is 2.50. The molecule has 2 aliphatic carbocycles. The van der Waals surface area contributed by atoms with Gasteiger partial charge in [-0.15, -0.1) is 0 Å². The van der Waals surface area contributed by atoms with E-state index in [-0.39, 0.29) is 5.60 Å². The quantitative estimate of drug-likeness (QED) is 0.637. The Kier molecular flexibility index (Phi) is 2.94. The van der Waals surface area contributed by atoms with Crippen LogP contribution in [0.15, 0.2) is 12.2 Å². The zero-order valence-electron chi connectivity index (χ0n) is 11.3. The molecule has 2 saturated carbocycles. The second kappa shape index (κ2) is 3.87. The van der Waals surface area contributed by atoms with E-state index in [0.717, 1.165) is 12.5 Å². The first-order valence-electron chi connectivity index (χ1n) is 6.73. The molecule has 16 heavy (non-hydrogen) atoms. The van der Waals surface area contributed by atoms with Crippen LogP contribution < -0.4 is 0 Å². The molecule has 0 aliphatic heterocycles. The molecule has 0 heterocycles. The molecule has 0 spiro atoms. The Bertz CT molecular complexity index is 292. The summed E-state index contributed by atoms with van der Waals surface area (Å²) in [5.74, 6) is 1.32. The van der Waals surface area contributed by atoms with Gasteiger partial charge in [0, 0.05) is 12.5 Å². The van der Waals surface area contributed by atoms with Gasteiger partial charge in [-0.05, 0) is 50.9 Å². The fourth-order valence-corrected chi connectivity index (χ4v) is 4.00. The van der Waals surface area contributed by atoms with Gasteiger partial charge in [0.1, 0.15) is 0 Å². The Balaban J connectivity index is 2.23. The lowest BCUT2D eigenvalue weighted by molar-refractivity contribution is -0.105. The van der Waals surface area contributed by atoms with Gasteiger partial charge in [0.05, 0.1) is 5.60 Å². The molecule has 2 aliphatic rings. The fraction of sp³-hybridized carbons (Fsp3) is 0.867. The number of hydrogen-bond donors (Lipinski definition) is 0. The smallest absolute Gasteiger partial charge is 0.0719 e. The zero-order valence-corrected chi connectivity index (χ0v) is 11.3. The Morgan fingerprint density at radius 2 is 1.81 bits per heavy atom. The summed E-state index contributed by atoms with van der Waals surface area (Å²) in [4.78, 5) is 0. The molecule has 0 aromatic heterocycles. The van der Waals surface area contributed by atoms with Gasteiger partial charge in [-0.2, -0.15) is 0 Å². The summed E-state index contributed by atoms with van der Waals surface area (Å²) in [6, 6.07) is 0. The summed E-state index contributed by atoms with van der Waals surface area (Å²) in [5, 5.41) is 0. The maximum absolute atomic E-state index is 6.03. The first kappa shape index (κ1) is 12.2. The maximum Gasteiger partial charge on any atom is 0.0719 e. The molecule has 0 saturated heterocycles. The lowest BCUT2D eigenvalue weighted by Crippen LogP contribution is -2.50. The van der Waals surface area contributed by atoms with E-state index >= 15 is 0 Å². The van der Waals surface area contributed by atoms with Gasteiger partial charge in [-0.3, -0.25) is 0 Å². The van der Waals surface area contributed by atoms with E-state index < -0.39 is 0 Å². The SMILES string of the molecule is C=C1C2CC[C@@](C)(OCC)[C@H]1CCC2(C)C. The van der Waals surface area contributed by atoms with E-state index in [9.17, 15) is 0 Å². The molecule has 92 valence electrons. The average Bonchev–Trinajstić information content (AvgIpc) is 2.15. The average molecular weight is 222 g/mol. The molecule has 0 aromatic carbocycles. The molecule has 0 amide bonds. The lowest BCUT2D eigenvalue weighted by atomic mass is 9.54. The number of rotatable bonds is 2. The molecule has 2 bridgehead atoms. The van der Waals surface area contributed by atoms with E-state index in [4.69, 9.17) is 4.74 Å². The van der Waals surface area contributed by atoms with Gasteiger partial charge in [0.15, 0.2) is 0 Å². The highest BCUT2D eigenvalue weighted by atomic mass is 16.5. The Morgan fingerprint density at radius 3 is 2.44 bits per heavy atom. The Hall–Kier alpha value is -0.300. The van der Waals surface area contributed by atoms with Crippen molar-refractivity contribution in [1.82, 2.24) is 0 Å². The fourth-order valence-electron chi connectivity index (χ4n) is 4.00. The molecular formula is C15H26O. The topological polar surface area (TPSA) is 9.23 Å². The van der Waals surface area contributed by atoms with E-state index in [1.54, 1.807) is 0 Å². The Labute approximate surface area is 100 Å². The molecule has 0 aromatic rings. The molecule has 2 fully saturated rings. The molecule has 0 N–H and O–H groups in total. The van der Waals surface area contributed by atoms with Crippen molar-refractivity contribution in [2.24, 2.45) is 17.3 Å². The van der Waals surface area contributed by atoms with Crippen LogP contribution in [0.3, 0.4) is 0 Å². The summed E-state index contributed by atoms with van der Waals surface area (Å²) >= 11 is 0. The van der Waals surface area contributed by atoms with Crippen LogP contribution in [0.4, 0.5) is 0 Å². The molecule has 3 atom stereocenters. The van der Waals surface area contributed by atoms with Gasteiger partial charge in [0.2, 0.25) is 0 Å². The lowest BCUT2D eigenvalue weighted by Gasteiger charge is -2.54. The molecule has 1 heteroatoms. The van der Waals surface area contributed by atoms with E-state index in [2.05, 4.69) is 34.3 Å². The Morgan fingerprint density at radius 1 is 1.19 bits per heavy atom. The van der Waals surface area contributed by atoms with Crippen LogP contribution in [0.25, 0.3) is 0 Å². The minimum atomic E-state index is 0.0683. The molecule has 1 nitrogen and oxygen atoms in total. The van der Waals surface area contributed by atoms with Crippen molar-refractivity contribution in [3.05, 3.63) is 12.2 Å². The van der Waals surface area contributed by atoms with Gasteiger partial charge in [0.25, 0.3) is 0 Å². The van der Waals surface area contributed by atoms with E-state index in [1.165, 1.54) is 31.3 Å². The summed E-state index contributed by atoms with van der Waals surface area (Å²) in [6.07, 6.45) is 5.06. The van der Waals surface area contributed by atoms with E-state index in [1.807, 2.05) is 0 Å². The minimum absolute atomic E-state index is 0.0683. The third-order valence-electron chi connectivity index (χ3n) is 5.06. The van der Waals surface area contributed by atoms with Crippen LogP contribution in [0.1, 0.15) is 53.4 Å². The van der Waals surface area contributed by atoms with Gasteiger partial charge >= 0.3 is 0 Å². The van der Waals surface area contributed by atoms with Gasteiger partial charge in [-0.25, -0.2) is 0 Å². The standard InChI is InChI=1S/C15H26O/c1-6-16-15(5)10-8-12-11(2)13(15)7-9-14(12,3)4/h12-13H,2,6-10H2,1,3-5H3/t12?,13-,15+/m0/s1. The summed E-state index contributed by atoms with van der Waals surface area (Å²) in [7, 11) is 0. The summed E-state index contributed by atoms with van der Waals surface area (Å²) < 4.78 is 6.03. The normalized spacial score (nSPS) is 42.1. The summed E-state index contributed by atoms with van der Waals surface area (Å²) in [5.41, 5.74) is 2.00. The predicted molar refractivity (Wildman–Crippen MR) is 68.4 cm³/mol. The van der Waals surface area contributed by atoms with Crippen molar-refractivity contribution < 1.29 is 4.74 Å². The number of ether oxygens (including phenoxy) is 1. The maximum atomic E-state index is 6.03. The number of fused-ring (bicyclic) bond motifs is 2. The van der Waals surface area contributed by atoms with Crippen LogP contribution >= 0.6 is 0 Å². The van der Waals surface area contributed by atoms with Crippen molar-refractivity contribution in [1.29, 1.82) is 0 Å². The predicted octanol–water partition coefficient (Wildman–Crippen LogP) is 4.18. The highest BCUT2D eigenvalue weighted by molar-refractivity contribution is 5.21. The van der Waals surface area contributed by atoms with Gasteiger partial charge < -0.3 is 4.74 Å². The monoisotopic (exact) mass is 222 g/mol. The van der Waals surface area contributed by atoms with Crippen molar-refractivity contribution in [3.8, 4) is 0 Å². The van der Waals surface area contributed by atoms with E-state index in [0.29, 0.717) is 11.3 Å².